The Balaban J connectivity index is 1.88. The average Bonchev–Trinajstić information content (AvgIpc) is 2.87. The van der Waals surface area contributed by atoms with Gasteiger partial charge < -0.3 is 10.1 Å². The fraction of sp³-hybridized carbons (Fsp3) is 0.500. The number of ether oxygens (including phenoxy) is 1. The topological polar surface area (TPSA) is 55.4 Å². The van der Waals surface area contributed by atoms with Crippen LogP contribution in [0.15, 0.2) is 30.3 Å². The molecule has 4 nitrogen and oxygen atoms in total. The molecule has 0 aliphatic heterocycles. The molecule has 1 aliphatic carbocycles. The second-order valence-corrected chi connectivity index (χ2v) is 6.19. The van der Waals surface area contributed by atoms with Crippen molar-refractivity contribution in [2.75, 3.05) is 5.33 Å². The fourth-order valence-corrected chi connectivity index (χ4v) is 3.43. The molecule has 2 unspecified atom stereocenters. The van der Waals surface area contributed by atoms with Crippen LogP contribution in [0.25, 0.3) is 0 Å². The lowest BCUT2D eigenvalue weighted by atomic mass is 9.81. The number of hydrogen-bond donors (Lipinski definition) is 1. The van der Waals surface area contributed by atoms with Crippen LogP contribution in [-0.4, -0.2) is 23.2 Å². The Morgan fingerprint density at radius 3 is 2.76 bits per heavy atom. The first-order valence-corrected chi connectivity index (χ1v) is 8.25. The lowest BCUT2D eigenvalue weighted by Gasteiger charge is -2.29. The molecule has 1 amide bonds. The molecule has 0 spiro atoms. The molecule has 1 aliphatic rings. The van der Waals surface area contributed by atoms with E-state index in [0.29, 0.717) is 5.33 Å². The second kappa shape index (κ2) is 7.07. The van der Waals surface area contributed by atoms with Gasteiger partial charge in [0.2, 0.25) is 0 Å². The molecule has 0 aromatic heterocycles. The first-order chi connectivity index (χ1) is 10.1. The van der Waals surface area contributed by atoms with Gasteiger partial charge in [-0.2, -0.15) is 0 Å². The molecule has 5 heteroatoms. The van der Waals surface area contributed by atoms with Gasteiger partial charge in [0, 0.05) is 11.5 Å². The first-order valence-electron chi connectivity index (χ1n) is 7.13. The summed E-state index contributed by atoms with van der Waals surface area (Å²) in [5.74, 6) is 0.133. The van der Waals surface area contributed by atoms with E-state index < -0.39 is 11.5 Å². The van der Waals surface area contributed by atoms with Gasteiger partial charge in [-0.15, -0.1) is 0 Å². The van der Waals surface area contributed by atoms with Crippen LogP contribution in [0.2, 0.25) is 0 Å². The Bertz CT molecular complexity index is 506. The Kier molecular flexibility index (Phi) is 5.39. The highest BCUT2D eigenvalue weighted by molar-refractivity contribution is 9.09. The number of halogens is 1. The molecular weight excluding hydrogens is 334 g/mol. The van der Waals surface area contributed by atoms with Crippen LogP contribution in [0.4, 0.5) is 4.79 Å². The maximum Gasteiger partial charge on any atom is 0.407 e. The van der Waals surface area contributed by atoms with Gasteiger partial charge in [-0.3, -0.25) is 4.79 Å². The van der Waals surface area contributed by atoms with Crippen LogP contribution >= 0.6 is 15.9 Å². The predicted octanol–water partition coefficient (Wildman–Crippen LogP) is 3.44. The first kappa shape index (κ1) is 16.0. The van der Waals surface area contributed by atoms with Crippen molar-refractivity contribution >= 4 is 27.8 Å². The van der Waals surface area contributed by atoms with Gasteiger partial charge in [-0.1, -0.05) is 59.6 Å². The number of alkyl halides is 1. The number of carbonyl (C=O) groups excluding carboxylic acids is 2. The summed E-state index contributed by atoms with van der Waals surface area (Å²) in [6.45, 7) is 2.16. The van der Waals surface area contributed by atoms with E-state index in [4.69, 9.17) is 4.74 Å². The summed E-state index contributed by atoms with van der Waals surface area (Å²) in [7, 11) is 0. The molecule has 1 fully saturated rings. The van der Waals surface area contributed by atoms with E-state index in [2.05, 4.69) is 21.2 Å². The Hall–Kier alpha value is -1.36. The van der Waals surface area contributed by atoms with Crippen molar-refractivity contribution in [3.8, 4) is 0 Å². The number of Topliss-reactive ketones (excluding diaryl/α,β-unsaturated/α-hetero) is 1. The highest BCUT2D eigenvalue weighted by Crippen LogP contribution is 2.39. The van der Waals surface area contributed by atoms with Gasteiger partial charge in [0.05, 0.1) is 5.33 Å². The molecule has 1 N–H and O–H groups in total. The van der Waals surface area contributed by atoms with Crippen LogP contribution in [0.3, 0.4) is 0 Å². The predicted molar refractivity (Wildman–Crippen MR) is 84.3 cm³/mol. The van der Waals surface area contributed by atoms with E-state index in [-0.39, 0.29) is 18.4 Å². The van der Waals surface area contributed by atoms with Gasteiger partial charge in [0.25, 0.3) is 0 Å². The van der Waals surface area contributed by atoms with Crippen LogP contribution in [0, 0.1) is 5.41 Å². The molecule has 0 heterocycles. The van der Waals surface area contributed by atoms with Crippen molar-refractivity contribution in [1.29, 1.82) is 0 Å². The molecule has 114 valence electrons. The zero-order chi connectivity index (χ0) is 15.3. The average molecular weight is 354 g/mol. The van der Waals surface area contributed by atoms with Crippen molar-refractivity contribution < 1.29 is 14.3 Å². The molecule has 0 radical (unpaired) electrons. The summed E-state index contributed by atoms with van der Waals surface area (Å²) in [5.41, 5.74) is 0.452. The lowest BCUT2D eigenvalue weighted by molar-refractivity contribution is -0.125. The summed E-state index contributed by atoms with van der Waals surface area (Å²) in [6.07, 6.45) is 2.11. The van der Waals surface area contributed by atoms with Crippen LogP contribution in [-0.2, 0) is 16.1 Å². The van der Waals surface area contributed by atoms with E-state index in [0.717, 1.165) is 24.8 Å². The molecule has 2 atom stereocenters. The Morgan fingerprint density at radius 2 is 2.10 bits per heavy atom. The number of alkyl carbamates (subject to hydrolysis) is 1. The minimum atomic E-state index is -0.491. The van der Waals surface area contributed by atoms with Crippen molar-refractivity contribution in [3.63, 3.8) is 0 Å². The van der Waals surface area contributed by atoms with E-state index in [9.17, 15) is 9.59 Å². The number of rotatable bonds is 5. The number of benzene rings is 1. The van der Waals surface area contributed by atoms with Crippen molar-refractivity contribution in [2.45, 2.75) is 38.8 Å². The third kappa shape index (κ3) is 3.84. The van der Waals surface area contributed by atoms with Gasteiger partial charge in [-0.05, 0) is 18.4 Å². The van der Waals surface area contributed by atoms with Gasteiger partial charge in [0.1, 0.15) is 6.61 Å². The van der Waals surface area contributed by atoms with Crippen LogP contribution in [0.1, 0.15) is 31.7 Å². The minimum Gasteiger partial charge on any atom is -0.445 e. The standard InChI is InChI=1S/C16H20BrNO3/c1-16(14(19)10-17)9-5-8-13(16)18-15(20)21-11-12-6-3-2-4-7-12/h2-4,6-7,13H,5,8-11H2,1H3,(H,18,20). The van der Waals surface area contributed by atoms with E-state index in [1.54, 1.807) is 0 Å². The second-order valence-electron chi connectivity index (χ2n) is 5.63. The van der Waals surface area contributed by atoms with Crippen LogP contribution < -0.4 is 5.32 Å². The smallest absolute Gasteiger partial charge is 0.407 e. The summed E-state index contributed by atoms with van der Waals surface area (Å²) in [6, 6.07) is 9.38. The number of carbonyl (C=O) groups is 2. The normalized spacial score (nSPS) is 24.6. The molecule has 1 aromatic rings. The zero-order valence-electron chi connectivity index (χ0n) is 12.1. The maximum atomic E-state index is 12.1. The van der Waals surface area contributed by atoms with Crippen LogP contribution in [0.5, 0.6) is 0 Å². The van der Waals surface area contributed by atoms with E-state index >= 15 is 0 Å². The highest BCUT2D eigenvalue weighted by Gasteiger charge is 2.44. The third-order valence-electron chi connectivity index (χ3n) is 4.22. The summed E-state index contributed by atoms with van der Waals surface area (Å²) >= 11 is 3.22. The molecule has 2 rings (SSSR count). The van der Waals surface area contributed by atoms with Gasteiger partial charge in [0.15, 0.2) is 5.78 Å². The molecule has 0 saturated heterocycles. The molecule has 0 bridgehead atoms. The largest absolute Gasteiger partial charge is 0.445 e. The van der Waals surface area contributed by atoms with Gasteiger partial charge >= 0.3 is 6.09 Å². The Labute approximate surface area is 133 Å². The number of ketones is 1. The fourth-order valence-electron chi connectivity index (χ4n) is 2.79. The van der Waals surface area contributed by atoms with Crippen molar-refractivity contribution in [1.82, 2.24) is 5.32 Å². The number of nitrogens with one attached hydrogen (secondary N) is 1. The highest BCUT2D eigenvalue weighted by atomic mass is 79.9. The number of amides is 1. The van der Waals surface area contributed by atoms with E-state index in [1.807, 2.05) is 37.3 Å². The summed E-state index contributed by atoms with van der Waals surface area (Å²) < 4.78 is 5.22. The quantitative estimate of drug-likeness (QED) is 0.825. The monoisotopic (exact) mass is 353 g/mol. The Morgan fingerprint density at radius 1 is 1.38 bits per heavy atom. The minimum absolute atomic E-state index is 0.133. The van der Waals surface area contributed by atoms with Crippen molar-refractivity contribution in [2.24, 2.45) is 5.41 Å². The third-order valence-corrected chi connectivity index (χ3v) is 4.73. The molecular formula is C16H20BrNO3. The van der Waals surface area contributed by atoms with Gasteiger partial charge in [-0.25, -0.2) is 4.79 Å². The molecule has 21 heavy (non-hydrogen) atoms. The molecule has 1 aromatic carbocycles. The number of hydrogen-bond acceptors (Lipinski definition) is 3. The zero-order valence-corrected chi connectivity index (χ0v) is 13.7. The summed E-state index contributed by atoms with van der Waals surface area (Å²) in [5, 5.41) is 3.17. The lowest BCUT2D eigenvalue weighted by Crippen LogP contribution is -2.47. The SMILES string of the molecule is CC1(C(=O)CBr)CCCC1NC(=O)OCc1ccccc1. The summed E-state index contributed by atoms with van der Waals surface area (Å²) in [4.78, 5) is 24.0. The van der Waals surface area contributed by atoms with E-state index in [1.165, 1.54) is 0 Å². The maximum absolute atomic E-state index is 12.1. The molecule has 1 saturated carbocycles. The van der Waals surface area contributed by atoms with Crippen molar-refractivity contribution in [3.05, 3.63) is 35.9 Å².